The minimum absolute atomic E-state index is 0.136. The van der Waals surface area contributed by atoms with Gasteiger partial charge in [0.15, 0.2) is 0 Å². The number of nitrogens with one attached hydrogen (secondary N) is 1. The fourth-order valence-electron chi connectivity index (χ4n) is 1.67. The van der Waals surface area contributed by atoms with Gasteiger partial charge in [0.2, 0.25) is 5.91 Å². The van der Waals surface area contributed by atoms with Gasteiger partial charge in [-0.15, -0.1) is 0 Å². The van der Waals surface area contributed by atoms with Crippen LogP contribution in [0.25, 0.3) is 0 Å². The van der Waals surface area contributed by atoms with Crippen molar-refractivity contribution in [1.82, 2.24) is 5.32 Å². The number of benzene rings is 1. The molecular formula is C14H21FN2O. The van der Waals surface area contributed by atoms with Crippen molar-refractivity contribution in [1.29, 1.82) is 0 Å². The van der Waals surface area contributed by atoms with Crippen molar-refractivity contribution in [2.24, 2.45) is 11.1 Å². The zero-order valence-corrected chi connectivity index (χ0v) is 11.2. The lowest BCUT2D eigenvalue weighted by molar-refractivity contribution is -0.130. The van der Waals surface area contributed by atoms with Crippen molar-refractivity contribution in [2.45, 2.75) is 33.2 Å². The summed E-state index contributed by atoms with van der Waals surface area (Å²) in [6, 6.07) is 6.08. The average molecular weight is 252 g/mol. The zero-order valence-electron chi connectivity index (χ0n) is 11.2. The summed E-state index contributed by atoms with van der Waals surface area (Å²) in [6.07, 6.45) is 0.652. The highest BCUT2D eigenvalue weighted by atomic mass is 19.1. The standard InChI is InChI=1S/C14H21FN2O/c1-4-14(3,9-16)13(18)17-10(2)11-7-5-6-8-12(11)15/h5-8,10H,4,9,16H2,1-3H3,(H,17,18)/t10-,14?/m1/s1. The van der Waals surface area contributed by atoms with E-state index in [1.807, 2.05) is 13.8 Å². The van der Waals surface area contributed by atoms with Gasteiger partial charge in [-0.25, -0.2) is 4.39 Å². The molecule has 1 aromatic rings. The minimum atomic E-state index is -0.598. The fourth-order valence-corrected chi connectivity index (χ4v) is 1.67. The second-order valence-electron chi connectivity index (χ2n) is 4.84. The molecule has 0 fully saturated rings. The van der Waals surface area contributed by atoms with Crippen LogP contribution in [0.3, 0.4) is 0 Å². The van der Waals surface area contributed by atoms with Crippen LogP contribution in [0.2, 0.25) is 0 Å². The van der Waals surface area contributed by atoms with Gasteiger partial charge in [0, 0.05) is 12.1 Å². The Bertz CT molecular complexity index is 416. The number of carbonyl (C=O) groups excluding carboxylic acids is 1. The van der Waals surface area contributed by atoms with Crippen LogP contribution in [0, 0.1) is 11.2 Å². The molecule has 0 aliphatic heterocycles. The molecule has 2 atom stereocenters. The predicted octanol–water partition coefficient (Wildman–Crippen LogP) is 2.38. The monoisotopic (exact) mass is 252 g/mol. The fraction of sp³-hybridized carbons (Fsp3) is 0.500. The van der Waals surface area contributed by atoms with E-state index in [0.29, 0.717) is 12.0 Å². The van der Waals surface area contributed by atoms with Gasteiger partial charge >= 0.3 is 0 Å². The van der Waals surface area contributed by atoms with Crippen LogP contribution in [-0.4, -0.2) is 12.5 Å². The van der Waals surface area contributed by atoms with Gasteiger partial charge in [-0.2, -0.15) is 0 Å². The molecule has 0 aromatic heterocycles. The Morgan fingerprint density at radius 2 is 2.11 bits per heavy atom. The van der Waals surface area contributed by atoms with E-state index in [2.05, 4.69) is 5.32 Å². The summed E-state index contributed by atoms with van der Waals surface area (Å²) >= 11 is 0. The van der Waals surface area contributed by atoms with E-state index < -0.39 is 5.41 Å². The van der Waals surface area contributed by atoms with E-state index in [9.17, 15) is 9.18 Å². The van der Waals surface area contributed by atoms with Crippen LogP contribution in [0.15, 0.2) is 24.3 Å². The molecule has 0 saturated heterocycles. The van der Waals surface area contributed by atoms with Crippen molar-refractivity contribution in [2.75, 3.05) is 6.54 Å². The first kappa shape index (κ1) is 14.6. The van der Waals surface area contributed by atoms with Gasteiger partial charge in [-0.3, -0.25) is 4.79 Å². The molecule has 0 aliphatic rings. The summed E-state index contributed by atoms with van der Waals surface area (Å²) in [5.74, 6) is -0.445. The van der Waals surface area contributed by atoms with Crippen LogP contribution in [0.4, 0.5) is 4.39 Å². The van der Waals surface area contributed by atoms with E-state index in [0.717, 1.165) is 0 Å². The third-order valence-electron chi connectivity index (χ3n) is 3.50. The Morgan fingerprint density at radius 1 is 1.50 bits per heavy atom. The molecule has 0 saturated carbocycles. The topological polar surface area (TPSA) is 55.1 Å². The highest BCUT2D eigenvalue weighted by Crippen LogP contribution is 2.22. The highest BCUT2D eigenvalue weighted by Gasteiger charge is 2.30. The normalized spacial score (nSPS) is 15.8. The third kappa shape index (κ3) is 3.07. The smallest absolute Gasteiger partial charge is 0.227 e. The van der Waals surface area contributed by atoms with Crippen LogP contribution >= 0.6 is 0 Å². The molecule has 100 valence electrons. The van der Waals surface area contributed by atoms with E-state index in [-0.39, 0.29) is 24.3 Å². The highest BCUT2D eigenvalue weighted by molar-refractivity contribution is 5.82. The summed E-state index contributed by atoms with van der Waals surface area (Å²) in [7, 11) is 0. The molecule has 3 nitrogen and oxygen atoms in total. The lowest BCUT2D eigenvalue weighted by Gasteiger charge is -2.27. The quantitative estimate of drug-likeness (QED) is 0.845. The predicted molar refractivity (Wildman–Crippen MR) is 70.4 cm³/mol. The third-order valence-corrected chi connectivity index (χ3v) is 3.50. The Balaban J connectivity index is 2.80. The number of hydrogen-bond acceptors (Lipinski definition) is 2. The van der Waals surface area contributed by atoms with E-state index in [1.165, 1.54) is 6.07 Å². The molecule has 0 heterocycles. The molecule has 1 amide bonds. The first-order valence-corrected chi connectivity index (χ1v) is 6.20. The molecule has 18 heavy (non-hydrogen) atoms. The van der Waals surface area contributed by atoms with Gasteiger partial charge < -0.3 is 11.1 Å². The van der Waals surface area contributed by atoms with Gasteiger partial charge in [0.1, 0.15) is 5.82 Å². The molecule has 1 rings (SSSR count). The van der Waals surface area contributed by atoms with Gasteiger partial charge in [-0.1, -0.05) is 25.1 Å². The molecular weight excluding hydrogens is 231 g/mol. The molecule has 1 aromatic carbocycles. The van der Waals surface area contributed by atoms with Crippen LogP contribution in [0.5, 0.6) is 0 Å². The van der Waals surface area contributed by atoms with E-state index in [1.54, 1.807) is 25.1 Å². The van der Waals surface area contributed by atoms with Crippen molar-refractivity contribution in [3.8, 4) is 0 Å². The SMILES string of the molecule is CCC(C)(CN)C(=O)N[C@H](C)c1ccccc1F. The summed E-state index contributed by atoms with van der Waals surface area (Å²) in [5, 5.41) is 2.82. The van der Waals surface area contributed by atoms with Crippen LogP contribution in [-0.2, 0) is 4.79 Å². The first-order valence-electron chi connectivity index (χ1n) is 6.20. The summed E-state index contributed by atoms with van der Waals surface area (Å²) in [4.78, 5) is 12.1. The van der Waals surface area contributed by atoms with Gasteiger partial charge in [0.05, 0.1) is 11.5 Å². The van der Waals surface area contributed by atoms with Crippen molar-refractivity contribution < 1.29 is 9.18 Å². The van der Waals surface area contributed by atoms with Crippen LogP contribution < -0.4 is 11.1 Å². The number of nitrogens with two attached hydrogens (primary N) is 1. The first-order chi connectivity index (χ1) is 8.44. The Hall–Kier alpha value is -1.42. The minimum Gasteiger partial charge on any atom is -0.349 e. The van der Waals surface area contributed by atoms with Crippen molar-refractivity contribution >= 4 is 5.91 Å². The summed E-state index contributed by atoms with van der Waals surface area (Å²) in [6.45, 7) is 5.78. The molecule has 0 radical (unpaired) electrons. The lowest BCUT2D eigenvalue weighted by Crippen LogP contribution is -2.44. The van der Waals surface area contributed by atoms with Crippen molar-refractivity contribution in [3.63, 3.8) is 0 Å². The number of hydrogen-bond donors (Lipinski definition) is 2. The molecule has 0 aliphatic carbocycles. The zero-order chi connectivity index (χ0) is 13.8. The van der Waals surface area contributed by atoms with Gasteiger partial charge in [-0.05, 0) is 26.3 Å². The maximum absolute atomic E-state index is 13.6. The maximum Gasteiger partial charge on any atom is 0.227 e. The Morgan fingerprint density at radius 3 is 2.61 bits per heavy atom. The summed E-state index contributed by atoms with van der Waals surface area (Å²) in [5.41, 5.74) is 5.52. The number of amides is 1. The molecule has 0 spiro atoms. The van der Waals surface area contributed by atoms with E-state index in [4.69, 9.17) is 5.73 Å². The van der Waals surface area contributed by atoms with E-state index >= 15 is 0 Å². The van der Waals surface area contributed by atoms with Crippen LogP contribution in [0.1, 0.15) is 38.8 Å². The average Bonchev–Trinajstić information content (AvgIpc) is 2.38. The number of carbonyl (C=O) groups is 1. The number of halogens is 1. The van der Waals surface area contributed by atoms with Gasteiger partial charge in [0.25, 0.3) is 0 Å². The molecule has 1 unspecified atom stereocenters. The second-order valence-corrected chi connectivity index (χ2v) is 4.84. The second kappa shape index (κ2) is 5.96. The largest absolute Gasteiger partial charge is 0.349 e. The maximum atomic E-state index is 13.6. The Labute approximate surface area is 108 Å². The summed E-state index contributed by atoms with van der Waals surface area (Å²) < 4.78 is 13.6. The molecule has 3 N–H and O–H groups in total. The molecule has 4 heteroatoms. The molecule has 0 bridgehead atoms. The number of rotatable bonds is 5. The Kier molecular flexibility index (Phi) is 4.84. The lowest BCUT2D eigenvalue weighted by atomic mass is 9.86. The van der Waals surface area contributed by atoms with Crippen molar-refractivity contribution in [3.05, 3.63) is 35.6 Å².